The van der Waals surface area contributed by atoms with Crippen molar-refractivity contribution in [2.45, 2.75) is 38.3 Å². The number of rotatable bonds is 8. The van der Waals surface area contributed by atoms with Gasteiger partial charge in [0.2, 0.25) is 5.91 Å². The fourth-order valence-electron chi connectivity index (χ4n) is 3.29. The fraction of sp³-hybridized carbons (Fsp3) is 0.381. The summed E-state index contributed by atoms with van der Waals surface area (Å²) in [6.07, 6.45) is 2.54. The molecule has 8 nitrogen and oxygen atoms in total. The van der Waals surface area contributed by atoms with E-state index in [0.717, 1.165) is 16.2 Å². The summed E-state index contributed by atoms with van der Waals surface area (Å²) < 4.78 is 10.4. The van der Waals surface area contributed by atoms with E-state index in [0.29, 0.717) is 18.6 Å². The lowest BCUT2D eigenvalue weighted by Crippen LogP contribution is -2.45. The molecule has 0 unspecified atom stereocenters. The first-order valence-corrected chi connectivity index (χ1v) is 9.42. The van der Waals surface area contributed by atoms with Crippen molar-refractivity contribution < 1.29 is 23.5 Å². The highest BCUT2D eigenvalue weighted by Crippen LogP contribution is 2.24. The highest BCUT2D eigenvalue weighted by molar-refractivity contribution is 6.08. The SMILES string of the molecule is COc1ccc(CC[C@@]2(C)NC(=O)N(CC(=O)N[C@@H](C)c3ccco3)C2=O)cc1. The predicted molar refractivity (Wildman–Crippen MR) is 105 cm³/mol. The molecule has 1 aromatic carbocycles. The second-order valence-electron chi connectivity index (χ2n) is 7.31. The Morgan fingerprint density at radius 2 is 2.00 bits per heavy atom. The maximum absolute atomic E-state index is 12.8. The minimum Gasteiger partial charge on any atom is -0.497 e. The minimum absolute atomic E-state index is 0.339. The van der Waals surface area contributed by atoms with E-state index in [2.05, 4.69) is 10.6 Å². The highest BCUT2D eigenvalue weighted by atomic mass is 16.5. The Labute approximate surface area is 169 Å². The summed E-state index contributed by atoms with van der Waals surface area (Å²) in [6, 6.07) is 10.1. The lowest BCUT2D eigenvalue weighted by molar-refractivity contribution is -0.135. The van der Waals surface area contributed by atoms with E-state index in [-0.39, 0.29) is 12.6 Å². The van der Waals surface area contributed by atoms with Gasteiger partial charge in [0.05, 0.1) is 19.4 Å². The van der Waals surface area contributed by atoms with Gasteiger partial charge in [-0.05, 0) is 56.5 Å². The van der Waals surface area contributed by atoms with Crippen LogP contribution in [0.5, 0.6) is 5.75 Å². The molecule has 2 heterocycles. The molecule has 4 amide bonds. The van der Waals surface area contributed by atoms with Gasteiger partial charge in [-0.3, -0.25) is 14.5 Å². The molecule has 1 aliphatic rings. The van der Waals surface area contributed by atoms with Crippen LogP contribution in [-0.4, -0.2) is 41.9 Å². The first-order valence-electron chi connectivity index (χ1n) is 9.42. The number of ether oxygens (including phenoxy) is 1. The van der Waals surface area contributed by atoms with Crippen LogP contribution in [0, 0.1) is 0 Å². The summed E-state index contributed by atoms with van der Waals surface area (Å²) in [5, 5.41) is 5.45. The van der Waals surface area contributed by atoms with Crippen molar-refractivity contribution in [2.75, 3.05) is 13.7 Å². The molecular formula is C21H25N3O5. The standard InChI is InChI=1S/C21H25N3O5/c1-14(17-5-4-12-29-17)22-18(25)13-24-19(26)21(2,23-20(24)27)11-10-15-6-8-16(28-3)9-7-15/h4-9,12,14H,10-11,13H2,1-3H3,(H,22,25)(H,23,27)/t14-,21+/m0/s1. The summed E-state index contributed by atoms with van der Waals surface area (Å²) in [6.45, 7) is 3.11. The summed E-state index contributed by atoms with van der Waals surface area (Å²) >= 11 is 0. The number of imide groups is 1. The molecule has 2 N–H and O–H groups in total. The Morgan fingerprint density at radius 1 is 1.28 bits per heavy atom. The topological polar surface area (TPSA) is 101 Å². The molecule has 0 spiro atoms. The van der Waals surface area contributed by atoms with Crippen LogP contribution >= 0.6 is 0 Å². The second kappa shape index (κ2) is 8.38. The molecule has 2 atom stereocenters. The van der Waals surface area contributed by atoms with Crippen LogP contribution in [0.3, 0.4) is 0 Å². The van der Waals surface area contributed by atoms with Gasteiger partial charge >= 0.3 is 6.03 Å². The summed E-state index contributed by atoms with van der Waals surface area (Å²) in [5.41, 5.74) is -0.0262. The number of carbonyl (C=O) groups excluding carboxylic acids is 3. The van der Waals surface area contributed by atoms with E-state index >= 15 is 0 Å². The van der Waals surface area contributed by atoms with Crippen LogP contribution < -0.4 is 15.4 Å². The number of benzene rings is 1. The molecule has 0 radical (unpaired) electrons. The summed E-state index contributed by atoms with van der Waals surface area (Å²) in [4.78, 5) is 38.4. The molecule has 154 valence electrons. The summed E-state index contributed by atoms with van der Waals surface area (Å²) in [5.74, 6) is 0.514. The maximum Gasteiger partial charge on any atom is 0.325 e. The maximum atomic E-state index is 12.8. The molecule has 29 heavy (non-hydrogen) atoms. The predicted octanol–water partition coefficient (Wildman–Crippen LogP) is 2.41. The Balaban J connectivity index is 1.58. The molecule has 1 aliphatic heterocycles. The molecule has 3 rings (SSSR count). The van der Waals surface area contributed by atoms with Crippen molar-refractivity contribution in [3.05, 3.63) is 54.0 Å². The van der Waals surface area contributed by atoms with Gasteiger partial charge < -0.3 is 19.8 Å². The van der Waals surface area contributed by atoms with E-state index in [4.69, 9.17) is 9.15 Å². The van der Waals surface area contributed by atoms with Crippen molar-refractivity contribution in [2.24, 2.45) is 0 Å². The number of nitrogens with one attached hydrogen (secondary N) is 2. The smallest absolute Gasteiger partial charge is 0.325 e. The molecule has 0 saturated carbocycles. The van der Waals surface area contributed by atoms with Gasteiger partial charge in [0.1, 0.15) is 23.6 Å². The van der Waals surface area contributed by atoms with Crippen molar-refractivity contribution in [1.29, 1.82) is 0 Å². The number of nitrogens with zero attached hydrogens (tertiary/aromatic N) is 1. The van der Waals surface area contributed by atoms with Gasteiger partial charge in [-0.1, -0.05) is 12.1 Å². The van der Waals surface area contributed by atoms with Crippen LogP contribution in [-0.2, 0) is 16.0 Å². The van der Waals surface area contributed by atoms with Gasteiger partial charge in [0.25, 0.3) is 5.91 Å². The van der Waals surface area contributed by atoms with Gasteiger partial charge in [0.15, 0.2) is 0 Å². The van der Waals surface area contributed by atoms with E-state index in [1.807, 2.05) is 24.3 Å². The van der Waals surface area contributed by atoms with Crippen molar-refractivity contribution in [3.63, 3.8) is 0 Å². The zero-order chi connectivity index (χ0) is 21.0. The lowest BCUT2D eigenvalue weighted by atomic mass is 9.93. The van der Waals surface area contributed by atoms with Crippen molar-refractivity contribution in [3.8, 4) is 5.75 Å². The molecule has 1 fully saturated rings. The van der Waals surface area contributed by atoms with E-state index < -0.39 is 23.4 Å². The third-order valence-corrected chi connectivity index (χ3v) is 5.07. The van der Waals surface area contributed by atoms with Crippen LogP contribution in [0.25, 0.3) is 0 Å². The van der Waals surface area contributed by atoms with Crippen LogP contribution in [0.4, 0.5) is 4.79 Å². The number of aryl methyl sites for hydroxylation is 1. The fourth-order valence-corrected chi connectivity index (χ4v) is 3.29. The average molecular weight is 399 g/mol. The number of carbonyl (C=O) groups is 3. The lowest BCUT2D eigenvalue weighted by Gasteiger charge is -2.22. The first-order chi connectivity index (χ1) is 13.8. The number of furan rings is 1. The number of hydrogen-bond donors (Lipinski definition) is 2. The van der Waals surface area contributed by atoms with Crippen molar-refractivity contribution >= 4 is 17.8 Å². The van der Waals surface area contributed by atoms with E-state index in [9.17, 15) is 14.4 Å². The quantitative estimate of drug-likeness (QED) is 0.664. The van der Waals surface area contributed by atoms with Gasteiger partial charge in [-0.2, -0.15) is 0 Å². The van der Waals surface area contributed by atoms with Crippen LogP contribution in [0.1, 0.15) is 37.6 Å². The van der Waals surface area contributed by atoms with Gasteiger partial charge in [0, 0.05) is 0 Å². The molecule has 1 aromatic heterocycles. The molecular weight excluding hydrogens is 374 g/mol. The Bertz CT molecular complexity index is 878. The Hall–Kier alpha value is -3.29. The van der Waals surface area contributed by atoms with E-state index in [1.54, 1.807) is 33.1 Å². The Kier molecular flexibility index (Phi) is 5.91. The third kappa shape index (κ3) is 4.59. The van der Waals surface area contributed by atoms with E-state index in [1.165, 1.54) is 6.26 Å². The number of urea groups is 1. The van der Waals surface area contributed by atoms with Gasteiger partial charge in [-0.25, -0.2) is 4.79 Å². The molecule has 0 aliphatic carbocycles. The molecule has 2 aromatic rings. The molecule has 0 bridgehead atoms. The molecule has 8 heteroatoms. The third-order valence-electron chi connectivity index (χ3n) is 5.07. The number of amides is 4. The molecule has 1 saturated heterocycles. The largest absolute Gasteiger partial charge is 0.497 e. The normalized spacial score (nSPS) is 19.8. The zero-order valence-electron chi connectivity index (χ0n) is 16.7. The zero-order valence-corrected chi connectivity index (χ0v) is 16.7. The number of hydrogen-bond acceptors (Lipinski definition) is 5. The minimum atomic E-state index is -1.05. The van der Waals surface area contributed by atoms with Crippen LogP contribution in [0.2, 0.25) is 0 Å². The Morgan fingerprint density at radius 3 is 2.62 bits per heavy atom. The highest BCUT2D eigenvalue weighted by Gasteiger charge is 2.47. The average Bonchev–Trinajstić information content (AvgIpc) is 3.31. The van der Waals surface area contributed by atoms with Crippen LogP contribution in [0.15, 0.2) is 47.1 Å². The number of methoxy groups -OCH3 is 1. The van der Waals surface area contributed by atoms with Crippen molar-refractivity contribution in [1.82, 2.24) is 15.5 Å². The van der Waals surface area contributed by atoms with Gasteiger partial charge in [-0.15, -0.1) is 0 Å². The first kappa shape index (κ1) is 20.4. The monoisotopic (exact) mass is 399 g/mol. The summed E-state index contributed by atoms with van der Waals surface area (Å²) in [7, 11) is 1.60. The second-order valence-corrected chi connectivity index (χ2v) is 7.31.